The summed E-state index contributed by atoms with van der Waals surface area (Å²) >= 11 is 0. The number of nitrogens with one attached hydrogen (secondary N) is 2. The zero-order valence-corrected chi connectivity index (χ0v) is 24.8. The smallest absolute Gasteiger partial charge is 0.408 e. The summed E-state index contributed by atoms with van der Waals surface area (Å²) in [5.74, 6) is -0.158. The summed E-state index contributed by atoms with van der Waals surface area (Å²) in [6, 6.07) is 9.25. The predicted octanol–water partition coefficient (Wildman–Crippen LogP) is 4.51. The molecule has 0 unspecified atom stereocenters. The molecule has 38 heavy (non-hydrogen) atoms. The molecule has 1 aliphatic carbocycles. The summed E-state index contributed by atoms with van der Waals surface area (Å²) in [5.41, 5.74) is 0.782. The predicted molar refractivity (Wildman–Crippen MR) is 151 cm³/mol. The van der Waals surface area contributed by atoms with Crippen LogP contribution in [-0.2, 0) is 16.1 Å². The Kier molecular flexibility index (Phi) is 9.86. The molecule has 1 aromatic rings. The molecule has 1 aliphatic heterocycles. The first-order valence-electron chi connectivity index (χ1n) is 13.8. The van der Waals surface area contributed by atoms with Gasteiger partial charge in [-0.25, -0.2) is 9.59 Å². The molecule has 1 heterocycles. The van der Waals surface area contributed by atoms with Crippen LogP contribution in [0.3, 0.4) is 0 Å². The Hall–Kier alpha value is -2.59. The Morgan fingerprint density at radius 2 is 1.82 bits per heavy atom. The minimum atomic E-state index is -1.48. The van der Waals surface area contributed by atoms with Crippen molar-refractivity contribution >= 4 is 26.2 Å². The highest BCUT2D eigenvalue weighted by Gasteiger charge is 2.45. The van der Waals surface area contributed by atoms with E-state index < -0.39 is 26.3 Å². The van der Waals surface area contributed by atoms with Crippen LogP contribution >= 0.6 is 0 Å². The molecule has 9 nitrogen and oxygen atoms in total. The molecule has 3 N–H and O–H groups in total. The lowest BCUT2D eigenvalue weighted by Gasteiger charge is -2.46. The molecule has 1 aromatic carbocycles. The fourth-order valence-corrected chi connectivity index (χ4v) is 6.42. The normalized spacial score (nSPS) is 24.3. The molecular weight excluding hydrogens is 500 g/mol. The van der Waals surface area contributed by atoms with Gasteiger partial charge in [-0.3, -0.25) is 4.79 Å². The van der Waals surface area contributed by atoms with Gasteiger partial charge < -0.3 is 30.3 Å². The molecular formula is C28H46N4O5Si. The maximum absolute atomic E-state index is 13.5. The molecule has 10 heteroatoms. The van der Waals surface area contributed by atoms with Crippen LogP contribution in [0.1, 0.15) is 52.0 Å². The lowest BCUT2D eigenvalue weighted by molar-refractivity contribution is -0.133. The van der Waals surface area contributed by atoms with Crippen molar-refractivity contribution in [1.29, 1.82) is 0 Å². The molecule has 2 fully saturated rings. The Bertz CT molecular complexity index is 962. The van der Waals surface area contributed by atoms with Crippen molar-refractivity contribution in [3.8, 4) is 0 Å². The molecule has 212 valence electrons. The third kappa shape index (κ3) is 8.73. The van der Waals surface area contributed by atoms with Gasteiger partial charge >= 0.3 is 12.2 Å². The minimum Gasteiger partial charge on any atom is -0.465 e. The maximum Gasteiger partial charge on any atom is 0.408 e. The van der Waals surface area contributed by atoms with Gasteiger partial charge in [0.25, 0.3) is 0 Å². The topological polar surface area (TPSA) is 111 Å². The standard InChI is InChI=1S/C28H46N4O5Si/c1-28(2,3)30-21-12-13-23(24(18-21)32(27(35)36)16-17-38(4,5)6)31-15-14-22(25(31)33)29-26(34)37-19-20-10-8-7-9-11-20/h7-11,21-24,30H,12-19H2,1-6H3,(H,29,34)(H,35,36)/t21-,22+,23+,24-/m1/s1. The van der Waals surface area contributed by atoms with E-state index in [1.54, 1.807) is 4.90 Å². The Morgan fingerprint density at radius 3 is 2.42 bits per heavy atom. The fraction of sp³-hybridized carbons (Fsp3) is 0.679. The first-order valence-corrected chi connectivity index (χ1v) is 17.5. The van der Waals surface area contributed by atoms with E-state index in [4.69, 9.17) is 4.74 Å². The summed E-state index contributed by atoms with van der Waals surface area (Å²) in [6.45, 7) is 14.2. The van der Waals surface area contributed by atoms with Gasteiger partial charge in [-0.2, -0.15) is 0 Å². The SMILES string of the molecule is CC(C)(C)N[C@@H]1CC[C@H](N2CC[C@H](NC(=O)OCc3ccccc3)C2=O)[C@H](N(CC[Si](C)(C)C)C(=O)O)C1. The van der Waals surface area contributed by atoms with E-state index in [1.165, 1.54) is 0 Å². The average Bonchev–Trinajstić information content (AvgIpc) is 3.16. The summed E-state index contributed by atoms with van der Waals surface area (Å²) in [5, 5.41) is 16.6. The van der Waals surface area contributed by atoms with Gasteiger partial charge in [0.1, 0.15) is 12.6 Å². The number of hydrogen-bond donors (Lipinski definition) is 3. The van der Waals surface area contributed by atoms with Crippen molar-refractivity contribution < 1.29 is 24.2 Å². The van der Waals surface area contributed by atoms with E-state index in [2.05, 4.69) is 51.0 Å². The molecule has 3 amide bonds. The van der Waals surface area contributed by atoms with Gasteiger partial charge in [0.05, 0.1) is 12.1 Å². The fourth-order valence-electron chi connectivity index (χ4n) is 5.50. The van der Waals surface area contributed by atoms with Crippen LogP contribution in [-0.4, -0.2) is 83.9 Å². The molecule has 0 radical (unpaired) electrons. The van der Waals surface area contributed by atoms with Crippen LogP contribution in [0.5, 0.6) is 0 Å². The lowest BCUT2D eigenvalue weighted by atomic mass is 9.83. The van der Waals surface area contributed by atoms with Gasteiger partial charge in [-0.15, -0.1) is 0 Å². The van der Waals surface area contributed by atoms with E-state index >= 15 is 0 Å². The Morgan fingerprint density at radius 1 is 1.13 bits per heavy atom. The second kappa shape index (κ2) is 12.5. The van der Waals surface area contributed by atoms with Crippen LogP contribution in [0.15, 0.2) is 30.3 Å². The highest BCUT2D eigenvalue weighted by molar-refractivity contribution is 6.76. The maximum atomic E-state index is 13.5. The molecule has 0 bridgehead atoms. The number of carboxylic acid groups (broad SMARTS) is 1. The third-order valence-electron chi connectivity index (χ3n) is 7.31. The van der Waals surface area contributed by atoms with Crippen LogP contribution < -0.4 is 10.6 Å². The van der Waals surface area contributed by atoms with Crippen LogP contribution in [0.25, 0.3) is 0 Å². The third-order valence-corrected chi connectivity index (χ3v) is 9.04. The second-order valence-electron chi connectivity index (χ2n) is 12.9. The first kappa shape index (κ1) is 30.0. The number of hydrogen-bond acceptors (Lipinski definition) is 5. The van der Waals surface area contributed by atoms with Crippen molar-refractivity contribution in [1.82, 2.24) is 20.4 Å². The van der Waals surface area contributed by atoms with Crippen molar-refractivity contribution in [2.45, 2.75) is 108 Å². The molecule has 0 spiro atoms. The summed E-state index contributed by atoms with van der Waals surface area (Å²) in [4.78, 5) is 41.8. The number of rotatable bonds is 9. The van der Waals surface area contributed by atoms with Crippen molar-refractivity contribution in [3.05, 3.63) is 35.9 Å². The van der Waals surface area contributed by atoms with Gasteiger partial charge in [-0.05, 0) is 58.1 Å². The first-order chi connectivity index (χ1) is 17.7. The lowest BCUT2D eigenvalue weighted by Crippen LogP contribution is -2.61. The molecule has 1 saturated heterocycles. The van der Waals surface area contributed by atoms with Gasteiger partial charge in [0.2, 0.25) is 5.91 Å². The van der Waals surface area contributed by atoms with E-state index in [0.29, 0.717) is 32.4 Å². The molecule has 3 rings (SSSR count). The summed E-state index contributed by atoms with van der Waals surface area (Å²) < 4.78 is 5.32. The zero-order valence-electron chi connectivity index (χ0n) is 23.8. The summed E-state index contributed by atoms with van der Waals surface area (Å²) in [7, 11) is -1.48. The number of carbonyl (C=O) groups is 3. The Labute approximate surface area is 228 Å². The number of amides is 3. The van der Waals surface area contributed by atoms with Crippen molar-refractivity contribution in [2.75, 3.05) is 13.1 Å². The molecule has 4 atom stereocenters. The van der Waals surface area contributed by atoms with E-state index in [0.717, 1.165) is 18.0 Å². The monoisotopic (exact) mass is 546 g/mol. The zero-order chi connectivity index (χ0) is 28.1. The number of alkyl carbamates (subject to hydrolysis) is 1. The van der Waals surface area contributed by atoms with Gasteiger partial charge in [0.15, 0.2) is 0 Å². The van der Waals surface area contributed by atoms with Gasteiger partial charge in [-0.1, -0.05) is 50.0 Å². The highest BCUT2D eigenvalue weighted by atomic mass is 28.3. The Balaban J connectivity index is 1.70. The number of ether oxygens (including phenoxy) is 1. The molecule has 2 aliphatic rings. The largest absolute Gasteiger partial charge is 0.465 e. The summed E-state index contributed by atoms with van der Waals surface area (Å²) in [6.07, 6.45) is 1.16. The van der Waals surface area contributed by atoms with Crippen molar-refractivity contribution in [2.24, 2.45) is 0 Å². The quantitative estimate of drug-likeness (QED) is 0.393. The number of benzene rings is 1. The number of nitrogens with zero attached hydrogens (tertiary/aromatic N) is 2. The van der Waals surface area contributed by atoms with Crippen LogP contribution in [0, 0.1) is 0 Å². The van der Waals surface area contributed by atoms with E-state index in [1.807, 2.05) is 35.2 Å². The van der Waals surface area contributed by atoms with Crippen molar-refractivity contribution in [3.63, 3.8) is 0 Å². The minimum absolute atomic E-state index is 0.0903. The van der Waals surface area contributed by atoms with Gasteiger partial charge in [0, 0.05) is 32.7 Å². The number of likely N-dealkylation sites (tertiary alicyclic amines) is 1. The highest BCUT2D eigenvalue weighted by Crippen LogP contribution is 2.32. The molecule has 0 aromatic heterocycles. The number of carbonyl (C=O) groups excluding carboxylic acids is 2. The van der Waals surface area contributed by atoms with Crippen LogP contribution in [0.4, 0.5) is 9.59 Å². The average molecular weight is 547 g/mol. The second-order valence-corrected chi connectivity index (χ2v) is 18.5. The van der Waals surface area contributed by atoms with E-state index in [-0.39, 0.29) is 36.2 Å². The van der Waals surface area contributed by atoms with E-state index in [9.17, 15) is 19.5 Å². The molecule has 1 saturated carbocycles. The van der Waals surface area contributed by atoms with Crippen LogP contribution in [0.2, 0.25) is 25.7 Å².